The molecule has 1 aliphatic rings. The number of benzene rings is 1. The molecular weight excluding hydrogens is 268 g/mol. The number of nitrogens with two attached hydrogens (primary N) is 1. The van der Waals surface area contributed by atoms with Crippen molar-refractivity contribution in [3.63, 3.8) is 0 Å². The maximum atomic E-state index is 11.6. The van der Waals surface area contributed by atoms with E-state index in [-0.39, 0.29) is 18.5 Å². The van der Waals surface area contributed by atoms with Gasteiger partial charge in [0, 0.05) is 24.8 Å². The molecule has 2 rings (SSSR count). The predicted octanol–water partition coefficient (Wildman–Crippen LogP) is 0.782. The average molecular weight is 290 g/mol. The van der Waals surface area contributed by atoms with Crippen molar-refractivity contribution in [1.82, 2.24) is 10.2 Å². The van der Waals surface area contributed by atoms with Gasteiger partial charge in [-0.3, -0.25) is 15.0 Å². The number of anilines is 1. The molecule has 1 saturated heterocycles. The van der Waals surface area contributed by atoms with Crippen LogP contribution in [0.4, 0.5) is 10.5 Å². The van der Waals surface area contributed by atoms with Gasteiger partial charge in [-0.25, -0.2) is 4.79 Å². The molecule has 1 aliphatic heterocycles. The molecule has 0 aliphatic carbocycles. The molecule has 0 unspecified atom stereocenters. The Morgan fingerprint density at radius 3 is 2.76 bits per heavy atom. The Bertz CT molecular complexity index is 492. The normalized spacial score (nSPS) is 18.6. The Morgan fingerprint density at radius 2 is 2.10 bits per heavy atom. The molecule has 0 aromatic heterocycles. The molecule has 1 aromatic carbocycles. The first-order chi connectivity index (χ1) is 10.1. The number of likely N-dealkylation sites (N-methyl/N-ethyl adjacent to an activating group) is 1. The molecular formula is C15H22N4O2. The topological polar surface area (TPSA) is 78.7 Å². The van der Waals surface area contributed by atoms with Crippen LogP contribution in [-0.4, -0.2) is 49.6 Å². The van der Waals surface area contributed by atoms with E-state index in [0.29, 0.717) is 0 Å². The van der Waals surface area contributed by atoms with Gasteiger partial charge in [-0.05, 0) is 32.0 Å². The van der Waals surface area contributed by atoms with Crippen molar-refractivity contribution >= 4 is 17.6 Å². The highest BCUT2D eigenvalue weighted by atomic mass is 16.2. The maximum absolute atomic E-state index is 11.6. The van der Waals surface area contributed by atoms with Crippen LogP contribution in [0.25, 0.3) is 0 Å². The molecule has 114 valence electrons. The summed E-state index contributed by atoms with van der Waals surface area (Å²) in [6, 6.07) is 9.75. The summed E-state index contributed by atoms with van der Waals surface area (Å²) in [6.45, 7) is 2.09. The van der Waals surface area contributed by atoms with Crippen LogP contribution in [0.1, 0.15) is 12.8 Å². The molecule has 0 spiro atoms. The second-order valence-corrected chi connectivity index (χ2v) is 5.41. The second-order valence-electron chi connectivity index (χ2n) is 5.41. The minimum atomic E-state index is -0.803. The molecule has 0 saturated carbocycles. The Morgan fingerprint density at radius 1 is 1.38 bits per heavy atom. The quantitative estimate of drug-likeness (QED) is 0.859. The molecule has 1 fully saturated rings. The van der Waals surface area contributed by atoms with Gasteiger partial charge in [0.05, 0.1) is 6.54 Å². The molecule has 6 heteroatoms. The number of carbonyl (C=O) groups is 2. The molecule has 21 heavy (non-hydrogen) atoms. The lowest BCUT2D eigenvalue weighted by Crippen LogP contribution is -2.50. The van der Waals surface area contributed by atoms with E-state index in [9.17, 15) is 9.59 Å². The smallest absolute Gasteiger partial charge is 0.318 e. The fourth-order valence-corrected chi connectivity index (χ4v) is 2.72. The van der Waals surface area contributed by atoms with Crippen LogP contribution >= 0.6 is 0 Å². The summed E-state index contributed by atoms with van der Waals surface area (Å²) in [6.07, 6.45) is 2.13. The minimum Gasteiger partial charge on any atom is -0.370 e. The molecule has 0 radical (unpaired) electrons. The zero-order valence-corrected chi connectivity index (χ0v) is 12.3. The van der Waals surface area contributed by atoms with Crippen LogP contribution in [0.5, 0.6) is 0 Å². The highest BCUT2D eigenvalue weighted by Gasteiger charge is 2.24. The van der Waals surface area contributed by atoms with Crippen LogP contribution in [0, 0.1) is 0 Å². The number of hydrogen-bond acceptors (Lipinski definition) is 4. The third-order valence-corrected chi connectivity index (χ3v) is 3.80. The Balaban J connectivity index is 1.91. The first kappa shape index (κ1) is 15.3. The van der Waals surface area contributed by atoms with Gasteiger partial charge >= 0.3 is 6.03 Å². The number of nitrogens with zero attached hydrogens (tertiary/aromatic N) is 2. The number of para-hydroxylation sites is 1. The lowest BCUT2D eigenvalue weighted by atomic mass is 10.0. The van der Waals surface area contributed by atoms with E-state index >= 15 is 0 Å². The molecule has 1 aromatic rings. The van der Waals surface area contributed by atoms with Crippen molar-refractivity contribution in [2.75, 3.05) is 31.6 Å². The summed E-state index contributed by atoms with van der Waals surface area (Å²) < 4.78 is 0. The first-order valence-corrected chi connectivity index (χ1v) is 7.16. The molecule has 0 bridgehead atoms. The van der Waals surface area contributed by atoms with E-state index in [1.165, 1.54) is 5.69 Å². The number of rotatable bonds is 4. The van der Waals surface area contributed by atoms with Gasteiger partial charge in [-0.1, -0.05) is 18.2 Å². The number of carbonyl (C=O) groups excluding carboxylic acids is 2. The fourth-order valence-electron chi connectivity index (χ4n) is 2.72. The highest BCUT2D eigenvalue weighted by Crippen LogP contribution is 2.21. The number of imide groups is 1. The van der Waals surface area contributed by atoms with Crippen LogP contribution in [-0.2, 0) is 4.79 Å². The van der Waals surface area contributed by atoms with Crippen molar-refractivity contribution in [3.8, 4) is 0 Å². The molecule has 3 N–H and O–H groups in total. The van der Waals surface area contributed by atoms with Gasteiger partial charge in [0.15, 0.2) is 0 Å². The fraction of sp³-hybridized carbons (Fsp3) is 0.467. The highest BCUT2D eigenvalue weighted by molar-refractivity contribution is 5.94. The molecule has 3 amide bonds. The predicted molar refractivity (Wildman–Crippen MR) is 82.0 cm³/mol. The largest absolute Gasteiger partial charge is 0.370 e. The summed E-state index contributed by atoms with van der Waals surface area (Å²) in [5.74, 6) is -0.359. The van der Waals surface area contributed by atoms with E-state index in [1.807, 2.05) is 30.1 Å². The van der Waals surface area contributed by atoms with Crippen molar-refractivity contribution in [2.45, 2.75) is 18.9 Å². The van der Waals surface area contributed by atoms with Gasteiger partial charge in [-0.15, -0.1) is 0 Å². The van der Waals surface area contributed by atoms with E-state index in [2.05, 4.69) is 22.3 Å². The summed E-state index contributed by atoms with van der Waals surface area (Å²) in [5, 5.41) is 2.10. The third kappa shape index (κ3) is 4.46. The molecule has 6 nitrogen and oxygen atoms in total. The molecule has 1 atom stereocenters. The second kappa shape index (κ2) is 7.08. The zero-order chi connectivity index (χ0) is 15.2. The van der Waals surface area contributed by atoms with Crippen LogP contribution in [0.15, 0.2) is 30.3 Å². The van der Waals surface area contributed by atoms with Crippen LogP contribution in [0.2, 0.25) is 0 Å². The van der Waals surface area contributed by atoms with Crippen molar-refractivity contribution in [3.05, 3.63) is 30.3 Å². The number of hydrogen-bond donors (Lipinski definition) is 2. The summed E-state index contributed by atoms with van der Waals surface area (Å²) in [4.78, 5) is 26.6. The van der Waals surface area contributed by atoms with Gasteiger partial charge in [0.1, 0.15) is 0 Å². The average Bonchev–Trinajstić information content (AvgIpc) is 2.47. The van der Waals surface area contributed by atoms with Gasteiger partial charge in [0.25, 0.3) is 0 Å². The van der Waals surface area contributed by atoms with Crippen molar-refractivity contribution in [1.29, 1.82) is 0 Å². The SMILES string of the molecule is CN(CC(=O)NC(N)=O)[C@H]1CCCN(c2ccccc2)C1. The first-order valence-electron chi connectivity index (χ1n) is 7.16. The lowest BCUT2D eigenvalue weighted by molar-refractivity contribution is -0.121. The Labute approximate surface area is 124 Å². The van der Waals surface area contributed by atoms with E-state index in [1.54, 1.807) is 0 Å². The minimum absolute atomic E-state index is 0.177. The number of primary amides is 1. The number of amides is 3. The number of piperidine rings is 1. The van der Waals surface area contributed by atoms with Gasteiger partial charge < -0.3 is 10.6 Å². The summed E-state index contributed by atoms with van der Waals surface area (Å²) in [5.41, 5.74) is 6.15. The van der Waals surface area contributed by atoms with Gasteiger partial charge in [-0.2, -0.15) is 0 Å². The Hall–Kier alpha value is -2.08. The van der Waals surface area contributed by atoms with Crippen LogP contribution in [0.3, 0.4) is 0 Å². The van der Waals surface area contributed by atoms with Crippen molar-refractivity contribution in [2.24, 2.45) is 5.73 Å². The zero-order valence-electron chi connectivity index (χ0n) is 12.3. The summed E-state index contributed by atoms with van der Waals surface area (Å²) >= 11 is 0. The van der Waals surface area contributed by atoms with Gasteiger partial charge in [0.2, 0.25) is 5.91 Å². The Kier molecular flexibility index (Phi) is 5.16. The van der Waals surface area contributed by atoms with Crippen LogP contribution < -0.4 is 16.0 Å². The third-order valence-electron chi connectivity index (χ3n) is 3.80. The van der Waals surface area contributed by atoms with E-state index in [0.717, 1.165) is 25.9 Å². The van der Waals surface area contributed by atoms with E-state index in [4.69, 9.17) is 5.73 Å². The summed E-state index contributed by atoms with van der Waals surface area (Å²) in [7, 11) is 1.90. The van der Waals surface area contributed by atoms with Crippen molar-refractivity contribution < 1.29 is 9.59 Å². The monoisotopic (exact) mass is 290 g/mol. The lowest BCUT2D eigenvalue weighted by Gasteiger charge is -2.38. The standard InChI is InChI=1S/C15H22N4O2/c1-18(11-14(20)17-15(16)21)13-8-5-9-19(10-13)12-6-3-2-4-7-12/h2-4,6-7,13H,5,8-11H2,1H3,(H3,16,17,20,21)/t13-/m0/s1. The maximum Gasteiger partial charge on any atom is 0.318 e. The number of urea groups is 1. The number of nitrogens with one attached hydrogen (secondary N) is 1. The van der Waals surface area contributed by atoms with E-state index < -0.39 is 6.03 Å². The molecule has 1 heterocycles.